The summed E-state index contributed by atoms with van der Waals surface area (Å²) in [5.74, 6) is 0. The standard InChI is InChI=1S/C10H17/c1-5-10(4)8-6-7-9(2)3/h7H,6,8H2,1-4H3. The van der Waals surface area contributed by atoms with Gasteiger partial charge in [-0.1, -0.05) is 17.2 Å². The summed E-state index contributed by atoms with van der Waals surface area (Å²) < 4.78 is 0. The summed E-state index contributed by atoms with van der Waals surface area (Å²) in [6.07, 6.45) is 7.71. The summed E-state index contributed by atoms with van der Waals surface area (Å²) in [6.45, 7) is 8.36. The third-order valence-electron chi connectivity index (χ3n) is 1.50. The molecule has 0 aliphatic rings. The molecule has 0 nitrogen and oxygen atoms in total. The van der Waals surface area contributed by atoms with Gasteiger partial charge in [0.2, 0.25) is 0 Å². The van der Waals surface area contributed by atoms with E-state index < -0.39 is 0 Å². The van der Waals surface area contributed by atoms with Crippen LogP contribution in [0.4, 0.5) is 0 Å². The third-order valence-corrected chi connectivity index (χ3v) is 1.50. The van der Waals surface area contributed by atoms with E-state index in [9.17, 15) is 0 Å². The largest absolute Gasteiger partial charge is 0.0856 e. The van der Waals surface area contributed by atoms with E-state index >= 15 is 0 Å². The van der Waals surface area contributed by atoms with Gasteiger partial charge in [-0.25, -0.2) is 0 Å². The fraction of sp³-hybridized carbons (Fsp3) is 0.600. The molecular formula is C10H17. The van der Waals surface area contributed by atoms with Crippen LogP contribution in [0.15, 0.2) is 17.2 Å². The Kier molecular flexibility index (Phi) is 5.00. The van der Waals surface area contributed by atoms with Gasteiger partial charge in [0.05, 0.1) is 0 Å². The Morgan fingerprint density at radius 2 is 1.90 bits per heavy atom. The van der Waals surface area contributed by atoms with Crippen LogP contribution in [-0.4, -0.2) is 0 Å². The van der Waals surface area contributed by atoms with Crippen molar-refractivity contribution in [3.05, 3.63) is 23.3 Å². The fourth-order valence-electron chi connectivity index (χ4n) is 0.702. The normalized spacial score (nSPS) is 11.4. The lowest BCUT2D eigenvalue weighted by Gasteiger charge is -1.94. The first-order valence-corrected chi connectivity index (χ1v) is 3.80. The summed E-state index contributed by atoms with van der Waals surface area (Å²) in [6, 6.07) is 0. The summed E-state index contributed by atoms with van der Waals surface area (Å²) in [4.78, 5) is 0. The van der Waals surface area contributed by atoms with Gasteiger partial charge in [0, 0.05) is 0 Å². The molecule has 0 aromatic carbocycles. The van der Waals surface area contributed by atoms with Crippen molar-refractivity contribution < 1.29 is 0 Å². The van der Waals surface area contributed by atoms with Crippen molar-refractivity contribution >= 4 is 0 Å². The minimum absolute atomic E-state index is 1.15. The molecule has 0 heteroatoms. The first kappa shape index (κ1) is 9.48. The first-order valence-electron chi connectivity index (χ1n) is 3.80. The molecule has 0 heterocycles. The van der Waals surface area contributed by atoms with E-state index in [0.717, 1.165) is 12.8 Å². The third kappa shape index (κ3) is 5.61. The van der Waals surface area contributed by atoms with Crippen molar-refractivity contribution in [2.45, 2.75) is 40.5 Å². The van der Waals surface area contributed by atoms with Crippen LogP contribution in [0.25, 0.3) is 0 Å². The highest BCUT2D eigenvalue weighted by Crippen LogP contribution is 2.04. The highest BCUT2D eigenvalue weighted by Gasteiger charge is 1.85. The minimum Gasteiger partial charge on any atom is -0.0856 e. The summed E-state index contributed by atoms with van der Waals surface area (Å²) in [5, 5.41) is 0. The van der Waals surface area contributed by atoms with Gasteiger partial charge in [-0.2, -0.15) is 0 Å². The van der Waals surface area contributed by atoms with Crippen molar-refractivity contribution in [3.8, 4) is 0 Å². The van der Waals surface area contributed by atoms with Crippen molar-refractivity contribution in [3.63, 3.8) is 0 Å². The van der Waals surface area contributed by atoms with Gasteiger partial charge in [0.1, 0.15) is 0 Å². The number of rotatable bonds is 3. The van der Waals surface area contributed by atoms with Crippen LogP contribution in [0, 0.1) is 6.08 Å². The molecule has 1 radical (unpaired) electrons. The number of allylic oxidation sites excluding steroid dienone is 4. The molecule has 0 aliphatic carbocycles. The van der Waals surface area contributed by atoms with Gasteiger partial charge in [0.25, 0.3) is 0 Å². The highest BCUT2D eigenvalue weighted by atomic mass is 13.9. The first-order chi connectivity index (χ1) is 4.66. The lowest BCUT2D eigenvalue weighted by atomic mass is 10.1. The smallest absolute Gasteiger partial charge is 0.0282 e. The topological polar surface area (TPSA) is 0 Å². The zero-order chi connectivity index (χ0) is 7.98. The molecule has 57 valence electrons. The molecule has 0 saturated heterocycles. The molecule has 0 atom stereocenters. The molecule has 0 bridgehead atoms. The molecular weight excluding hydrogens is 120 g/mol. The molecule has 0 fully saturated rings. The van der Waals surface area contributed by atoms with Gasteiger partial charge in [0.15, 0.2) is 0 Å². The number of hydrogen-bond donors (Lipinski definition) is 0. The minimum atomic E-state index is 1.15. The van der Waals surface area contributed by atoms with Gasteiger partial charge < -0.3 is 0 Å². The predicted octanol–water partition coefficient (Wildman–Crippen LogP) is 3.50. The predicted molar refractivity (Wildman–Crippen MR) is 46.8 cm³/mol. The molecule has 0 spiro atoms. The van der Waals surface area contributed by atoms with E-state index in [4.69, 9.17) is 0 Å². The van der Waals surface area contributed by atoms with E-state index in [2.05, 4.69) is 32.9 Å². The van der Waals surface area contributed by atoms with Gasteiger partial charge in [-0.15, -0.1) is 0 Å². The van der Waals surface area contributed by atoms with Crippen molar-refractivity contribution in [1.29, 1.82) is 0 Å². The molecule has 10 heavy (non-hydrogen) atoms. The molecule has 0 unspecified atom stereocenters. The second-order valence-corrected chi connectivity index (χ2v) is 2.85. The van der Waals surface area contributed by atoms with Crippen LogP contribution in [0.5, 0.6) is 0 Å². The molecule has 0 N–H and O–H groups in total. The van der Waals surface area contributed by atoms with Crippen molar-refractivity contribution in [1.82, 2.24) is 0 Å². The SMILES string of the molecule is C/[C]=C(\C)CCC=C(C)C. The average molecular weight is 137 g/mol. The van der Waals surface area contributed by atoms with E-state index in [0.29, 0.717) is 0 Å². The van der Waals surface area contributed by atoms with Crippen LogP contribution in [-0.2, 0) is 0 Å². The Labute approximate surface area is 64.6 Å². The zero-order valence-electron chi connectivity index (χ0n) is 7.49. The fourth-order valence-corrected chi connectivity index (χ4v) is 0.702. The maximum atomic E-state index is 3.13. The Bertz CT molecular complexity index is 134. The monoisotopic (exact) mass is 137 g/mol. The molecule has 0 aromatic heterocycles. The van der Waals surface area contributed by atoms with E-state index in [1.165, 1.54) is 11.1 Å². The van der Waals surface area contributed by atoms with E-state index in [-0.39, 0.29) is 0 Å². The lowest BCUT2D eigenvalue weighted by molar-refractivity contribution is 0.958. The van der Waals surface area contributed by atoms with Crippen molar-refractivity contribution in [2.75, 3.05) is 0 Å². The maximum Gasteiger partial charge on any atom is -0.0282 e. The van der Waals surface area contributed by atoms with Crippen LogP contribution in [0.2, 0.25) is 0 Å². The molecule has 0 rings (SSSR count). The Hall–Kier alpha value is -0.520. The van der Waals surface area contributed by atoms with E-state index in [1.807, 2.05) is 6.92 Å². The number of hydrogen-bond acceptors (Lipinski definition) is 0. The summed E-state index contributed by atoms with van der Waals surface area (Å²) in [5.41, 5.74) is 2.77. The van der Waals surface area contributed by atoms with Crippen LogP contribution < -0.4 is 0 Å². The average Bonchev–Trinajstić information content (AvgIpc) is 1.87. The second-order valence-electron chi connectivity index (χ2n) is 2.85. The second kappa shape index (κ2) is 5.28. The van der Waals surface area contributed by atoms with Gasteiger partial charge in [-0.3, -0.25) is 0 Å². The van der Waals surface area contributed by atoms with Gasteiger partial charge in [-0.05, 0) is 46.6 Å². The Morgan fingerprint density at radius 3 is 2.30 bits per heavy atom. The Balaban J connectivity index is 3.47. The summed E-state index contributed by atoms with van der Waals surface area (Å²) in [7, 11) is 0. The molecule has 0 saturated carbocycles. The highest BCUT2D eigenvalue weighted by molar-refractivity contribution is 4.98. The summed E-state index contributed by atoms with van der Waals surface area (Å²) >= 11 is 0. The quantitative estimate of drug-likeness (QED) is 0.522. The van der Waals surface area contributed by atoms with Crippen LogP contribution in [0.3, 0.4) is 0 Å². The van der Waals surface area contributed by atoms with Crippen LogP contribution >= 0.6 is 0 Å². The molecule has 0 aromatic rings. The van der Waals surface area contributed by atoms with Gasteiger partial charge >= 0.3 is 0 Å². The molecule has 0 aliphatic heterocycles. The lowest BCUT2D eigenvalue weighted by Crippen LogP contribution is -1.75. The van der Waals surface area contributed by atoms with Crippen LogP contribution in [0.1, 0.15) is 40.5 Å². The molecule has 0 amide bonds. The maximum absolute atomic E-state index is 3.13. The van der Waals surface area contributed by atoms with Crippen molar-refractivity contribution in [2.24, 2.45) is 0 Å². The Morgan fingerprint density at radius 1 is 1.30 bits per heavy atom. The zero-order valence-corrected chi connectivity index (χ0v) is 7.49. The van der Waals surface area contributed by atoms with E-state index in [1.54, 1.807) is 0 Å².